The molecule has 0 radical (unpaired) electrons. The maximum absolute atomic E-state index is 13.3. The number of imide groups is 1. The van der Waals surface area contributed by atoms with Gasteiger partial charge in [0, 0.05) is 0 Å². The largest absolute Gasteiger partial charge is 0.468 e. The van der Waals surface area contributed by atoms with E-state index in [0.29, 0.717) is 11.5 Å². The molecule has 2 N–H and O–H groups in total. The van der Waals surface area contributed by atoms with Gasteiger partial charge in [-0.15, -0.1) is 0 Å². The van der Waals surface area contributed by atoms with Crippen LogP contribution in [0.15, 0.2) is 46.9 Å². The van der Waals surface area contributed by atoms with Gasteiger partial charge in [0.1, 0.15) is 11.5 Å². The second kappa shape index (κ2) is 7.13. The molecule has 4 rings (SSSR count). The second-order valence-electron chi connectivity index (χ2n) is 7.44. The zero-order chi connectivity index (χ0) is 20.8. The summed E-state index contributed by atoms with van der Waals surface area (Å²) >= 11 is 0. The maximum Gasteiger partial charge on any atom is 0.329 e. The summed E-state index contributed by atoms with van der Waals surface area (Å²) in [4.78, 5) is 40.4. The third-order valence-electron chi connectivity index (χ3n) is 5.80. The molecule has 0 saturated carbocycles. The molecule has 3 heterocycles. The first-order chi connectivity index (χ1) is 13.9. The molecule has 0 spiro atoms. The molecule has 2 amide bonds. The summed E-state index contributed by atoms with van der Waals surface area (Å²) in [7, 11) is 1.18. The van der Waals surface area contributed by atoms with Crippen LogP contribution in [0.3, 0.4) is 0 Å². The topological polar surface area (TPSA) is 109 Å². The van der Waals surface area contributed by atoms with Gasteiger partial charge in [0.05, 0.1) is 38.1 Å². The highest BCUT2D eigenvalue weighted by Crippen LogP contribution is 2.49. The number of carbonyl (C=O) groups excluding carboxylic acids is 3. The summed E-state index contributed by atoms with van der Waals surface area (Å²) in [6.45, 7) is 1.17. The van der Waals surface area contributed by atoms with Crippen LogP contribution >= 0.6 is 0 Å². The molecule has 2 saturated heterocycles. The van der Waals surface area contributed by atoms with Gasteiger partial charge in [-0.2, -0.15) is 0 Å². The molecule has 0 bridgehead atoms. The Morgan fingerprint density at radius 1 is 1.21 bits per heavy atom. The molecule has 2 aromatic rings. The second-order valence-corrected chi connectivity index (χ2v) is 7.44. The summed E-state index contributed by atoms with van der Waals surface area (Å²) in [6, 6.07) is 11.8. The van der Waals surface area contributed by atoms with E-state index in [1.54, 1.807) is 19.1 Å². The number of likely N-dealkylation sites (tertiary alicyclic amines) is 1. The van der Waals surface area contributed by atoms with E-state index >= 15 is 0 Å². The minimum Gasteiger partial charge on any atom is -0.468 e. The van der Waals surface area contributed by atoms with E-state index in [9.17, 15) is 19.5 Å². The van der Waals surface area contributed by atoms with Crippen molar-refractivity contribution >= 4 is 17.8 Å². The highest BCUT2D eigenvalue weighted by atomic mass is 16.5. The van der Waals surface area contributed by atoms with Crippen molar-refractivity contribution in [1.29, 1.82) is 0 Å². The zero-order valence-corrected chi connectivity index (χ0v) is 16.1. The van der Waals surface area contributed by atoms with Crippen LogP contribution in [0.5, 0.6) is 0 Å². The zero-order valence-electron chi connectivity index (χ0n) is 16.1. The number of hydrogen-bond donors (Lipinski definition) is 2. The van der Waals surface area contributed by atoms with E-state index in [4.69, 9.17) is 9.15 Å². The number of carbonyl (C=O) groups is 3. The number of furan rings is 1. The molecular weight excluding hydrogens is 376 g/mol. The molecule has 1 aromatic carbocycles. The lowest BCUT2D eigenvalue weighted by atomic mass is 9.80. The molecule has 2 fully saturated rings. The smallest absolute Gasteiger partial charge is 0.329 e. The van der Waals surface area contributed by atoms with Crippen molar-refractivity contribution in [2.24, 2.45) is 11.8 Å². The van der Waals surface area contributed by atoms with Crippen LogP contribution in [-0.2, 0) is 25.7 Å². The molecule has 4 atom stereocenters. The van der Waals surface area contributed by atoms with Gasteiger partial charge in [0.25, 0.3) is 0 Å². The van der Waals surface area contributed by atoms with Gasteiger partial charge in [-0.1, -0.05) is 30.3 Å². The van der Waals surface area contributed by atoms with Crippen LogP contribution in [0.2, 0.25) is 0 Å². The van der Waals surface area contributed by atoms with Crippen LogP contribution in [0.4, 0.5) is 0 Å². The minimum absolute atomic E-state index is 0.0953. The van der Waals surface area contributed by atoms with Crippen LogP contribution in [0.1, 0.15) is 23.1 Å². The highest BCUT2D eigenvalue weighted by Gasteiger charge is 2.69. The average Bonchev–Trinajstić information content (AvgIpc) is 3.38. The molecule has 29 heavy (non-hydrogen) atoms. The fraction of sp³-hybridized carbons (Fsp3) is 0.381. The number of fused-ring (bicyclic) bond motifs is 1. The van der Waals surface area contributed by atoms with E-state index in [0.717, 1.165) is 10.5 Å². The van der Waals surface area contributed by atoms with Crippen LogP contribution in [-0.4, -0.2) is 47.0 Å². The number of nitrogens with one attached hydrogen (secondary N) is 1. The predicted octanol–water partition coefficient (Wildman–Crippen LogP) is 0.938. The number of aryl methyl sites for hydroxylation is 1. The first-order valence-electron chi connectivity index (χ1n) is 9.35. The maximum atomic E-state index is 13.3. The van der Waals surface area contributed by atoms with Crippen molar-refractivity contribution in [2.75, 3.05) is 13.7 Å². The first-order valence-corrected chi connectivity index (χ1v) is 9.35. The highest BCUT2D eigenvalue weighted by molar-refractivity contribution is 6.09. The SMILES string of the molecule is COC(=O)[C@]1(CO)N[C@H](c2ccc(C)o2)[C@@H]2C(=O)N(Cc3ccccc3)C(=O)[C@@H]21. The van der Waals surface area contributed by atoms with Gasteiger partial charge in [-0.25, -0.2) is 4.79 Å². The van der Waals surface area contributed by atoms with Gasteiger partial charge in [0.15, 0.2) is 5.54 Å². The van der Waals surface area contributed by atoms with E-state index in [2.05, 4.69) is 5.32 Å². The Kier molecular flexibility index (Phi) is 4.76. The Hall–Kier alpha value is -2.97. The molecular formula is C21H22N2O6. The van der Waals surface area contributed by atoms with E-state index in [1.165, 1.54) is 7.11 Å². The number of amides is 2. The van der Waals surface area contributed by atoms with Crippen molar-refractivity contribution in [1.82, 2.24) is 10.2 Å². The number of ether oxygens (including phenoxy) is 1. The van der Waals surface area contributed by atoms with Crippen LogP contribution in [0, 0.1) is 18.8 Å². The minimum atomic E-state index is -1.72. The van der Waals surface area contributed by atoms with Crippen molar-refractivity contribution in [2.45, 2.75) is 25.0 Å². The Bertz CT molecular complexity index is 955. The van der Waals surface area contributed by atoms with Gasteiger partial charge in [0.2, 0.25) is 11.8 Å². The Balaban J connectivity index is 1.77. The van der Waals surface area contributed by atoms with Crippen molar-refractivity contribution in [3.05, 3.63) is 59.5 Å². The number of nitrogens with zero attached hydrogens (tertiary/aromatic N) is 1. The Morgan fingerprint density at radius 3 is 2.52 bits per heavy atom. The van der Waals surface area contributed by atoms with Crippen molar-refractivity contribution < 1.29 is 28.6 Å². The number of benzene rings is 1. The summed E-state index contributed by atoms with van der Waals surface area (Å²) in [6.07, 6.45) is 0. The lowest BCUT2D eigenvalue weighted by molar-refractivity contribution is -0.156. The molecule has 1 aromatic heterocycles. The number of rotatable bonds is 5. The monoisotopic (exact) mass is 398 g/mol. The standard InChI is InChI=1S/C21H22N2O6/c1-12-8-9-14(29-12)17-15-16(21(11-24,22-17)20(27)28-2)19(26)23(18(15)25)10-13-6-4-3-5-7-13/h3-9,15-17,22,24H,10-11H2,1-2H3/t15-,16-,17-,21-/m1/s1. The lowest BCUT2D eigenvalue weighted by Gasteiger charge is -2.30. The summed E-state index contributed by atoms with van der Waals surface area (Å²) in [5.74, 6) is -2.62. The molecule has 0 aliphatic carbocycles. The van der Waals surface area contributed by atoms with Gasteiger partial charge in [-0.3, -0.25) is 19.8 Å². The molecule has 2 aliphatic rings. The van der Waals surface area contributed by atoms with Crippen LogP contribution in [0.25, 0.3) is 0 Å². The van der Waals surface area contributed by atoms with Crippen molar-refractivity contribution in [3.8, 4) is 0 Å². The number of aliphatic hydroxyl groups is 1. The number of hydrogen-bond acceptors (Lipinski definition) is 7. The quantitative estimate of drug-likeness (QED) is 0.570. The molecule has 152 valence electrons. The van der Waals surface area contributed by atoms with Gasteiger partial charge < -0.3 is 14.3 Å². The van der Waals surface area contributed by atoms with E-state index < -0.39 is 47.8 Å². The van der Waals surface area contributed by atoms with Crippen molar-refractivity contribution in [3.63, 3.8) is 0 Å². The summed E-state index contributed by atoms with van der Waals surface area (Å²) in [5.41, 5.74) is -0.927. The summed E-state index contributed by atoms with van der Waals surface area (Å²) < 4.78 is 10.6. The number of methoxy groups -OCH3 is 1. The summed E-state index contributed by atoms with van der Waals surface area (Å²) in [5, 5.41) is 13.1. The number of esters is 1. The molecule has 0 unspecified atom stereocenters. The fourth-order valence-electron chi connectivity index (χ4n) is 4.43. The third-order valence-corrected chi connectivity index (χ3v) is 5.80. The Labute approximate surface area is 167 Å². The van der Waals surface area contributed by atoms with E-state index in [1.807, 2.05) is 30.3 Å². The van der Waals surface area contributed by atoms with Crippen LogP contribution < -0.4 is 5.32 Å². The fourth-order valence-corrected chi connectivity index (χ4v) is 4.43. The average molecular weight is 398 g/mol. The van der Waals surface area contributed by atoms with Gasteiger partial charge >= 0.3 is 5.97 Å². The molecule has 2 aliphatic heterocycles. The Morgan fingerprint density at radius 2 is 1.93 bits per heavy atom. The molecule has 8 nitrogen and oxygen atoms in total. The third kappa shape index (κ3) is 2.87. The normalized spacial score (nSPS) is 28.7. The number of aliphatic hydroxyl groups excluding tert-OH is 1. The molecule has 8 heteroatoms. The predicted molar refractivity (Wildman–Crippen MR) is 100 cm³/mol. The lowest BCUT2D eigenvalue weighted by Crippen LogP contribution is -2.58. The van der Waals surface area contributed by atoms with E-state index in [-0.39, 0.29) is 6.54 Å². The van der Waals surface area contributed by atoms with Gasteiger partial charge in [-0.05, 0) is 24.6 Å². The first kappa shape index (κ1) is 19.4.